The molecule has 2 aromatic rings. The van der Waals surface area contributed by atoms with Crippen molar-refractivity contribution in [1.29, 1.82) is 0 Å². The Balaban J connectivity index is 1.52. The minimum absolute atomic E-state index is 0.0794. The van der Waals surface area contributed by atoms with E-state index in [1.165, 1.54) is 11.3 Å². The average Bonchev–Trinajstić information content (AvgIpc) is 3.29. The molecule has 0 N–H and O–H groups in total. The van der Waals surface area contributed by atoms with Crippen molar-refractivity contribution < 1.29 is 9.59 Å². The van der Waals surface area contributed by atoms with Crippen LogP contribution in [0.1, 0.15) is 31.4 Å². The minimum Gasteiger partial charge on any atom is -0.335 e. The Labute approximate surface area is 150 Å². The van der Waals surface area contributed by atoms with Crippen LogP contribution >= 0.6 is 11.3 Å². The van der Waals surface area contributed by atoms with Gasteiger partial charge in [0, 0.05) is 37.1 Å². The van der Waals surface area contributed by atoms with Crippen LogP contribution in [0.25, 0.3) is 5.57 Å². The van der Waals surface area contributed by atoms with Crippen molar-refractivity contribution in [1.82, 2.24) is 14.8 Å². The number of benzene rings is 1. The maximum Gasteiger partial charge on any atom is 0.273 e. The lowest BCUT2D eigenvalue weighted by molar-refractivity contribution is 0.0659. The predicted molar refractivity (Wildman–Crippen MR) is 98.0 cm³/mol. The van der Waals surface area contributed by atoms with Gasteiger partial charge >= 0.3 is 0 Å². The van der Waals surface area contributed by atoms with Gasteiger partial charge in [0.15, 0.2) is 5.01 Å². The molecule has 2 aliphatic rings. The first-order valence-electron chi connectivity index (χ1n) is 8.40. The van der Waals surface area contributed by atoms with Gasteiger partial charge in [-0.2, -0.15) is 0 Å². The number of fused-ring (bicyclic) bond motifs is 1. The smallest absolute Gasteiger partial charge is 0.273 e. The highest BCUT2D eigenvalue weighted by Gasteiger charge is 2.26. The molecule has 1 saturated heterocycles. The molecule has 0 bridgehead atoms. The van der Waals surface area contributed by atoms with E-state index >= 15 is 0 Å². The van der Waals surface area contributed by atoms with Crippen LogP contribution in [0.4, 0.5) is 0 Å². The second-order valence-corrected chi connectivity index (χ2v) is 7.30. The van der Waals surface area contributed by atoms with Gasteiger partial charge < -0.3 is 9.80 Å². The molecule has 1 aliphatic heterocycles. The molecule has 1 aromatic carbocycles. The molecule has 5 nitrogen and oxygen atoms in total. The normalized spacial score (nSPS) is 17.3. The van der Waals surface area contributed by atoms with E-state index in [2.05, 4.69) is 16.9 Å². The van der Waals surface area contributed by atoms with Gasteiger partial charge in [0.1, 0.15) is 5.69 Å². The second-order valence-electron chi connectivity index (χ2n) is 6.44. The second kappa shape index (κ2) is 6.54. The Hall–Kier alpha value is -2.31. The van der Waals surface area contributed by atoms with Crippen LogP contribution in [0, 0.1) is 0 Å². The molecule has 1 aliphatic carbocycles. The lowest BCUT2D eigenvalue weighted by Gasteiger charge is -2.31. The van der Waals surface area contributed by atoms with E-state index in [-0.39, 0.29) is 11.7 Å². The number of rotatable bonds is 3. The number of carbonyl (C=O) groups excluding carboxylic acids is 2. The molecule has 0 unspecified atom stereocenters. The lowest BCUT2D eigenvalue weighted by atomic mass is 10.0. The molecular weight excluding hydrogens is 334 g/mol. The molecule has 2 heterocycles. The van der Waals surface area contributed by atoms with Crippen molar-refractivity contribution in [3.8, 4) is 0 Å². The summed E-state index contributed by atoms with van der Waals surface area (Å²) in [6.45, 7) is 3.14. The Bertz CT molecular complexity index is 863. The molecule has 0 saturated carbocycles. The van der Waals surface area contributed by atoms with Crippen molar-refractivity contribution in [2.24, 2.45) is 0 Å². The first-order valence-corrected chi connectivity index (χ1v) is 9.28. The Morgan fingerprint density at radius 3 is 2.68 bits per heavy atom. The van der Waals surface area contributed by atoms with E-state index in [1.807, 2.05) is 35.2 Å². The minimum atomic E-state index is -0.0904. The van der Waals surface area contributed by atoms with Gasteiger partial charge in [0.2, 0.25) is 5.78 Å². The van der Waals surface area contributed by atoms with E-state index in [4.69, 9.17) is 0 Å². The fourth-order valence-corrected chi connectivity index (χ4v) is 4.01. The number of hydrogen-bond donors (Lipinski definition) is 0. The van der Waals surface area contributed by atoms with Crippen LogP contribution in [-0.2, 0) is 6.42 Å². The average molecular weight is 353 g/mol. The third kappa shape index (κ3) is 3.03. The topological polar surface area (TPSA) is 53.5 Å². The highest BCUT2D eigenvalue weighted by molar-refractivity contribution is 7.12. The number of allylic oxidation sites excluding steroid dienone is 2. The SMILES string of the molecule is CN1CCN(C(=O)c2csc(C(=O)C3=CCc4ccccc43)n2)CC1. The van der Waals surface area contributed by atoms with Crippen LogP contribution in [0.15, 0.2) is 35.7 Å². The number of piperazine rings is 1. The van der Waals surface area contributed by atoms with Crippen LogP contribution in [0.3, 0.4) is 0 Å². The van der Waals surface area contributed by atoms with Crippen molar-refractivity contribution in [3.63, 3.8) is 0 Å². The van der Waals surface area contributed by atoms with E-state index in [1.54, 1.807) is 5.38 Å². The van der Waals surface area contributed by atoms with Gasteiger partial charge in [-0.3, -0.25) is 9.59 Å². The number of aromatic nitrogens is 1. The maximum absolute atomic E-state index is 12.8. The third-order valence-electron chi connectivity index (χ3n) is 4.79. The Morgan fingerprint density at radius 1 is 1.12 bits per heavy atom. The van der Waals surface area contributed by atoms with Crippen LogP contribution < -0.4 is 0 Å². The van der Waals surface area contributed by atoms with E-state index in [0.29, 0.717) is 29.4 Å². The van der Waals surface area contributed by atoms with Crippen molar-refractivity contribution in [3.05, 3.63) is 57.6 Å². The van der Waals surface area contributed by atoms with Gasteiger partial charge in [-0.25, -0.2) is 4.98 Å². The first-order chi connectivity index (χ1) is 12.1. The van der Waals surface area contributed by atoms with E-state index < -0.39 is 0 Å². The molecule has 4 rings (SSSR count). The zero-order valence-electron chi connectivity index (χ0n) is 14.1. The summed E-state index contributed by atoms with van der Waals surface area (Å²) in [5, 5.41) is 2.09. The zero-order chi connectivity index (χ0) is 17.4. The number of ketones is 1. The number of nitrogens with zero attached hydrogens (tertiary/aromatic N) is 3. The van der Waals surface area contributed by atoms with Crippen LogP contribution in [0.2, 0.25) is 0 Å². The number of thiazole rings is 1. The highest BCUT2D eigenvalue weighted by Crippen LogP contribution is 2.30. The molecular formula is C19H19N3O2S. The molecule has 0 spiro atoms. The summed E-state index contributed by atoms with van der Waals surface area (Å²) >= 11 is 1.25. The van der Waals surface area contributed by atoms with Gasteiger partial charge in [0.05, 0.1) is 0 Å². The Kier molecular flexibility index (Phi) is 4.23. The molecule has 6 heteroatoms. The van der Waals surface area contributed by atoms with Gasteiger partial charge in [0.25, 0.3) is 5.91 Å². The fourth-order valence-electron chi connectivity index (χ4n) is 3.26. The summed E-state index contributed by atoms with van der Waals surface area (Å²) in [5.74, 6) is -0.170. The molecule has 1 aromatic heterocycles. The first kappa shape index (κ1) is 16.2. The van der Waals surface area contributed by atoms with Gasteiger partial charge in [-0.15, -0.1) is 11.3 Å². The molecule has 1 fully saturated rings. The summed E-state index contributed by atoms with van der Waals surface area (Å²) in [6.07, 6.45) is 2.73. The quantitative estimate of drug-likeness (QED) is 0.795. The van der Waals surface area contributed by atoms with Crippen molar-refractivity contribution >= 4 is 28.6 Å². The monoisotopic (exact) mass is 353 g/mol. The highest BCUT2D eigenvalue weighted by atomic mass is 32.1. The van der Waals surface area contributed by atoms with Crippen LogP contribution in [0.5, 0.6) is 0 Å². The largest absolute Gasteiger partial charge is 0.335 e. The Morgan fingerprint density at radius 2 is 1.88 bits per heavy atom. The summed E-state index contributed by atoms with van der Waals surface area (Å²) in [5.41, 5.74) is 3.22. The maximum atomic E-state index is 12.8. The fraction of sp³-hybridized carbons (Fsp3) is 0.316. The van der Waals surface area contributed by atoms with Crippen molar-refractivity contribution in [2.45, 2.75) is 6.42 Å². The summed E-state index contributed by atoms with van der Waals surface area (Å²) < 4.78 is 0. The zero-order valence-corrected chi connectivity index (χ0v) is 14.9. The molecule has 0 atom stereocenters. The number of Topliss-reactive ketones (excluding diaryl/α,β-unsaturated/α-hetero) is 1. The molecule has 128 valence electrons. The van der Waals surface area contributed by atoms with Crippen molar-refractivity contribution in [2.75, 3.05) is 33.2 Å². The summed E-state index contributed by atoms with van der Waals surface area (Å²) in [7, 11) is 2.05. The predicted octanol–water partition coefficient (Wildman–Crippen LogP) is 2.35. The van der Waals surface area contributed by atoms with Crippen LogP contribution in [-0.4, -0.2) is 59.7 Å². The number of hydrogen-bond acceptors (Lipinski definition) is 5. The third-order valence-corrected chi connectivity index (χ3v) is 5.63. The van der Waals surface area contributed by atoms with E-state index in [9.17, 15) is 9.59 Å². The molecule has 1 amide bonds. The number of carbonyl (C=O) groups is 2. The van der Waals surface area contributed by atoms with Gasteiger partial charge in [-0.05, 0) is 24.6 Å². The lowest BCUT2D eigenvalue weighted by Crippen LogP contribution is -2.47. The molecule has 25 heavy (non-hydrogen) atoms. The van der Waals surface area contributed by atoms with Gasteiger partial charge in [-0.1, -0.05) is 30.3 Å². The standard InChI is InChI=1S/C19H19N3O2S/c1-21-8-10-22(11-9-21)19(24)16-12-25-18(20-16)17(23)15-7-6-13-4-2-3-5-14(13)15/h2-5,7,12H,6,8-11H2,1H3. The van der Waals surface area contributed by atoms with E-state index in [0.717, 1.165) is 30.6 Å². The molecule has 0 radical (unpaired) electrons. The summed E-state index contributed by atoms with van der Waals surface area (Å²) in [4.78, 5) is 33.8. The number of amides is 1. The number of likely N-dealkylation sites (N-methyl/N-ethyl adjacent to an activating group) is 1. The summed E-state index contributed by atoms with van der Waals surface area (Å²) in [6, 6.07) is 7.93.